The van der Waals surface area contributed by atoms with Crippen LogP contribution in [-0.4, -0.2) is 35.4 Å². The molecule has 0 radical (unpaired) electrons. The highest BCUT2D eigenvalue weighted by atomic mass is 35.5. The minimum atomic E-state index is -0.172. The summed E-state index contributed by atoms with van der Waals surface area (Å²) < 4.78 is 1.89. The van der Waals surface area contributed by atoms with Crippen molar-refractivity contribution in [1.82, 2.24) is 34.8 Å². The van der Waals surface area contributed by atoms with Crippen LogP contribution >= 0.6 is 11.6 Å². The maximum atomic E-state index is 12.5. The highest BCUT2D eigenvalue weighted by Crippen LogP contribution is 2.26. The lowest BCUT2D eigenvalue weighted by Gasteiger charge is -2.07. The number of carbonyl (C=O) groups is 1. The second-order valence-corrected chi connectivity index (χ2v) is 7.88. The molecule has 5 rings (SSSR count). The third-order valence-corrected chi connectivity index (χ3v) is 5.51. The standard InChI is InChI=1S/C22H19ClN8O/c1-12-17(3-2-4-25-12)22(32)26-8-16-7-13-5-15(23)6-14(18(13)30-16)9-31-11-29-19-20(24)27-10-28-21(19)31/h2-7,10-11,30H,8-9H2,1H3,(H,26,32)(H2,24,27,28). The van der Waals surface area contributed by atoms with Crippen molar-refractivity contribution in [3.8, 4) is 0 Å². The predicted octanol–water partition coefficient (Wildman–Crippen LogP) is 3.22. The molecule has 1 amide bonds. The Morgan fingerprint density at radius 3 is 2.94 bits per heavy atom. The highest BCUT2D eigenvalue weighted by Gasteiger charge is 2.14. The maximum absolute atomic E-state index is 12.5. The van der Waals surface area contributed by atoms with E-state index in [4.69, 9.17) is 17.3 Å². The number of nitrogens with one attached hydrogen (secondary N) is 2. The third-order valence-electron chi connectivity index (χ3n) is 5.29. The number of aryl methyl sites for hydroxylation is 1. The summed E-state index contributed by atoms with van der Waals surface area (Å²) >= 11 is 6.38. The molecule has 0 saturated carbocycles. The average Bonchev–Trinajstić information content (AvgIpc) is 3.37. The maximum Gasteiger partial charge on any atom is 0.253 e. The Morgan fingerprint density at radius 2 is 2.09 bits per heavy atom. The number of pyridine rings is 1. The number of aromatic nitrogens is 6. The molecule has 10 heteroatoms. The summed E-state index contributed by atoms with van der Waals surface area (Å²) in [6.45, 7) is 2.65. The van der Waals surface area contributed by atoms with E-state index < -0.39 is 0 Å². The van der Waals surface area contributed by atoms with Crippen molar-refractivity contribution in [3.05, 3.63) is 76.7 Å². The quantitative estimate of drug-likeness (QED) is 0.380. The molecule has 32 heavy (non-hydrogen) atoms. The molecule has 0 unspecified atom stereocenters. The summed E-state index contributed by atoms with van der Waals surface area (Å²) in [4.78, 5) is 32.7. The van der Waals surface area contributed by atoms with Crippen LogP contribution in [0, 0.1) is 6.92 Å². The Bertz CT molecular complexity index is 1470. The molecule has 4 heterocycles. The number of nitrogen functional groups attached to an aromatic ring is 1. The van der Waals surface area contributed by atoms with Crippen LogP contribution in [0.3, 0.4) is 0 Å². The van der Waals surface area contributed by atoms with Crippen LogP contribution in [0.4, 0.5) is 5.82 Å². The third kappa shape index (κ3) is 3.63. The van der Waals surface area contributed by atoms with E-state index in [1.807, 2.05) is 29.7 Å². The van der Waals surface area contributed by atoms with E-state index >= 15 is 0 Å². The molecule has 0 aliphatic rings. The van der Waals surface area contributed by atoms with E-state index in [-0.39, 0.29) is 5.91 Å². The van der Waals surface area contributed by atoms with Crippen LogP contribution in [0.25, 0.3) is 22.1 Å². The zero-order valence-corrected chi connectivity index (χ0v) is 17.9. The largest absolute Gasteiger partial charge is 0.382 e. The Kier molecular flexibility index (Phi) is 4.95. The number of nitrogens with two attached hydrogens (primary N) is 1. The number of carbonyl (C=O) groups excluding carboxylic acids is 1. The Balaban J connectivity index is 1.43. The molecule has 9 nitrogen and oxygen atoms in total. The molecule has 4 N–H and O–H groups in total. The molecule has 0 atom stereocenters. The van der Waals surface area contributed by atoms with Crippen LogP contribution in [0.1, 0.15) is 27.3 Å². The smallest absolute Gasteiger partial charge is 0.253 e. The number of hydrogen-bond acceptors (Lipinski definition) is 6. The molecular weight excluding hydrogens is 428 g/mol. The van der Waals surface area contributed by atoms with Crippen molar-refractivity contribution < 1.29 is 4.79 Å². The van der Waals surface area contributed by atoms with Crippen molar-refractivity contribution >= 4 is 45.4 Å². The number of halogens is 1. The molecule has 5 aromatic rings. The number of aromatic amines is 1. The molecule has 0 spiro atoms. The second kappa shape index (κ2) is 7.93. The first-order valence-corrected chi connectivity index (χ1v) is 10.3. The van der Waals surface area contributed by atoms with Gasteiger partial charge in [0.1, 0.15) is 11.8 Å². The first kappa shape index (κ1) is 20.0. The van der Waals surface area contributed by atoms with Crippen molar-refractivity contribution in [2.24, 2.45) is 0 Å². The van der Waals surface area contributed by atoms with E-state index in [1.165, 1.54) is 6.33 Å². The molecule has 0 bridgehead atoms. The van der Waals surface area contributed by atoms with Gasteiger partial charge in [0.2, 0.25) is 0 Å². The fraction of sp³-hybridized carbons (Fsp3) is 0.136. The lowest BCUT2D eigenvalue weighted by molar-refractivity contribution is 0.0949. The van der Waals surface area contributed by atoms with E-state index in [2.05, 4.69) is 30.2 Å². The number of fused-ring (bicyclic) bond motifs is 2. The molecule has 0 aliphatic carbocycles. The number of imidazole rings is 1. The normalized spacial score (nSPS) is 11.3. The highest BCUT2D eigenvalue weighted by molar-refractivity contribution is 6.31. The number of hydrogen-bond donors (Lipinski definition) is 3. The Morgan fingerprint density at radius 1 is 1.22 bits per heavy atom. The molecule has 0 fully saturated rings. The molecule has 0 aliphatic heterocycles. The monoisotopic (exact) mass is 446 g/mol. The van der Waals surface area contributed by atoms with Gasteiger partial charge in [-0.3, -0.25) is 9.78 Å². The number of rotatable bonds is 5. The van der Waals surface area contributed by atoms with Gasteiger partial charge < -0.3 is 20.6 Å². The van der Waals surface area contributed by atoms with Gasteiger partial charge in [0, 0.05) is 28.0 Å². The number of amides is 1. The van der Waals surface area contributed by atoms with E-state index in [1.54, 1.807) is 24.7 Å². The number of H-pyrrole nitrogens is 1. The summed E-state index contributed by atoms with van der Waals surface area (Å²) in [5.41, 5.74) is 11.1. The Hall–Kier alpha value is -3.98. The fourth-order valence-electron chi connectivity index (χ4n) is 3.75. The molecule has 1 aromatic carbocycles. The summed E-state index contributed by atoms with van der Waals surface area (Å²) in [7, 11) is 0. The fourth-order valence-corrected chi connectivity index (χ4v) is 4.00. The minimum Gasteiger partial charge on any atom is -0.382 e. The van der Waals surface area contributed by atoms with Crippen LogP contribution in [0.5, 0.6) is 0 Å². The van der Waals surface area contributed by atoms with Crippen LogP contribution in [-0.2, 0) is 13.1 Å². The molecule has 160 valence electrons. The summed E-state index contributed by atoms with van der Waals surface area (Å²) in [6, 6.07) is 9.27. The van der Waals surface area contributed by atoms with Crippen LogP contribution < -0.4 is 11.1 Å². The summed E-state index contributed by atoms with van der Waals surface area (Å²) in [6.07, 6.45) is 4.77. The zero-order valence-electron chi connectivity index (χ0n) is 17.1. The van der Waals surface area contributed by atoms with Crippen molar-refractivity contribution in [2.45, 2.75) is 20.0 Å². The summed E-state index contributed by atoms with van der Waals surface area (Å²) in [5, 5.41) is 4.51. The van der Waals surface area contributed by atoms with E-state index in [9.17, 15) is 4.79 Å². The van der Waals surface area contributed by atoms with Gasteiger partial charge in [-0.05, 0) is 42.8 Å². The Labute approximate surface area is 187 Å². The number of anilines is 1. The van der Waals surface area contributed by atoms with Gasteiger partial charge in [-0.15, -0.1) is 0 Å². The van der Waals surface area contributed by atoms with Crippen molar-refractivity contribution in [2.75, 3.05) is 5.73 Å². The minimum absolute atomic E-state index is 0.172. The number of nitrogens with zero attached hydrogens (tertiary/aromatic N) is 5. The lowest BCUT2D eigenvalue weighted by Crippen LogP contribution is -2.24. The average molecular weight is 447 g/mol. The SMILES string of the molecule is Cc1ncccc1C(=O)NCc1cc2cc(Cl)cc(Cn3cnc4c(N)ncnc43)c2[nH]1. The molecule has 4 aromatic heterocycles. The van der Waals surface area contributed by atoms with Gasteiger partial charge in [0.05, 0.1) is 30.5 Å². The summed E-state index contributed by atoms with van der Waals surface area (Å²) in [5.74, 6) is 0.168. The van der Waals surface area contributed by atoms with Crippen molar-refractivity contribution in [3.63, 3.8) is 0 Å². The van der Waals surface area contributed by atoms with E-state index in [0.29, 0.717) is 46.4 Å². The lowest BCUT2D eigenvalue weighted by atomic mass is 10.1. The van der Waals surface area contributed by atoms with Gasteiger partial charge in [0.15, 0.2) is 11.5 Å². The van der Waals surface area contributed by atoms with Crippen molar-refractivity contribution in [1.29, 1.82) is 0 Å². The number of benzene rings is 1. The van der Waals surface area contributed by atoms with Gasteiger partial charge in [-0.25, -0.2) is 15.0 Å². The van der Waals surface area contributed by atoms with E-state index in [0.717, 1.165) is 22.2 Å². The van der Waals surface area contributed by atoms with Gasteiger partial charge in [-0.2, -0.15) is 0 Å². The van der Waals surface area contributed by atoms with Gasteiger partial charge >= 0.3 is 0 Å². The first-order valence-electron chi connectivity index (χ1n) is 9.91. The van der Waals surface area contributed by atoms with Gasteiger partial charge in [0.25, 0.3) is 5.91 Å². The topological polar surface area (TPSA) is 127 Å². The van der Waals surface area contributed by atoms with Crippen LogP contribution in [0.2, 0.25) is 5.02 Å². The molecule has 0 saturated heterocycles. The van der Waals surface area contributed by atoms with Gasteiger partial charge in [-0.1, -0.05) is 11.6 Å². The zero-order chi connectivity index (χ0) is 22.2. The second-order valence-electron chi connectivity index (χ2n) is 7.45. The first-order chi connectivity index (χ1) is 15.5. The molecular formula is C22H19ClN8O. The van der Waals surface area contributed by atoms with Crippen LogP contribution in [0.15, 0.2) is 49.2 Å². The predicted molar refractivity (Wildman–Crippen MR) is 122 cm³/mol.